The quantitative estimate of drug-likeness (QED) is 0.581. The number of carbonyl (C=O) groups is 1. The van der Waals surface area contributed by atoms with Gasteiger partial charge < -0.3 is 4.74 Å². The Kier molecular flexibility index (Phi) is 4.19. The lowest BCUT2D eigenvalue weighted by atomic mass is 10.1. The maximum absolute atomic E-state index is 11.4. The minimum Gasteiger partial charge on any atom is -0.465 e. The van der Waals surface area contributed by atoms with E-state index in [2.05, 4.69) is 4.74 Å². The van der Waals surface area contributed by atoms with E-state index in [9.17, 15) is 4.79 Å². The van der Waals surface area contributed by atoms with Crippen molar-refractivity contribution in [3.8, 4) is 6.07 Å². The van der Waals surface area contributed by atoms with Crippen LogP contribution in [0.3, 0.4) is 0 Å². The van der Waals surface area contributed by atoms with Crippen molar-refractivity contribution < 1.29 is 9.53 Å². The molecule has 15 heavy (non-hydrogen) atoms. The van der Waals surface area contributed by atoms with Crippen molar-refractivity contribution >= 4 is 17.7 Å². The standard InChI is InChI=1S/C11H11NO2S/c1-3-15-10-6-4-5-8(9(10)7-12)11(13)14-2/h4-6H,3H2,1-2H3. The van der Waals surface area contributed by atoms with Crippen LogP contribution in [0.5, 0.6) is 0 Å². The van der Waals surface area contributed by atoms with E-state index in [1.54, 1.807) is 12.1 Å². The molecule has 1 rings (SSSR count). The average molecular weight is 221 g/mol. The van der Waals surface area contributed by atoms with Crippen LogP contribution in [-0.4, -0.2) is 18.8 Å². The SMILES string of the molecule is CCSc1cccc(C(=O)OC)c1C#N. The minimum absolute atomic E-state index is 0.332. The van der Waals surface area contributed by atoms with E-state index in [-0.39, 0.29) is 0 Å². The largest absolute Gasteiger partial charge is 0.465 e. The highest BCUT2D eigenvalue weighted by Crippen LogP contribution is 2.25. The number of hydrogen-bond acceptors (Lipinski definition) is 4. The first-order valence-electron chi connectivity index (χ1n) is 4.48. The molecule has 0 heterocycles. The van der Waals surface area contributed by atoms with Gasteiger partial charge in [-0.2, -0.15) is 5.26 Å². The smallest absolute Gasteiger partial charge is 0.339 e. The molecule has 0 aliphatic heterocycles. The summed E-state index contributed by atoms with van der Waals surface area (Å²) in [7, 11) is 1.31. The molecule has 0 amide bonds. The molecule has 3 nitrogen and oxygen atoms in total. The number of hydrogen-bond donors (Lipinski definition) is 0. The number of nitrogens with zero attached hydrogens (tertiary/aromatic N) is 1. The van der Waals surface area contributed by atoms with Crippen molar-refractivity contribution in [2.24, 2.45) is 0 Å². The Morgan fingerprint density at radius 1 is 1.60 bits per heavy atom. The van der Waals surface area contributed by atoms with Crippen molar-refractivity contribution in [3.63, 3.8) is 0 Å². The van der Waals surface area contributed by atoms with Gasteiger partial charge in [0.05, 0.1) is 18.2 Å². The molecule has 0 spiro atoms. The topological polar surface area (TPSA) is 50.1 Å². The maximum Gasteiger partial charge on any atom is 0.339 e. The van der Waals surface area contributed by atoms with Crippen LogP contribution in [0.4, 0.5) is 0 Å². The molecule has 0 aliphatic carbocycles. The van der Waals surface area contributed by atoms with Crippen molar-refractivity contribution in [2.75, 3.05) is 12.9 Å². The molecule has 0 saturated carbocycles. The van der Waals surface area contributed by atoms with E-state index in [1.807, 2.05) is 19.1 Å². The molecule has 0 aliphatic rings. The molecular weight excluding hydrogens is 210 g/mol. The monoisotopic (exact) mass is 221 g/mol. The lowest BCUT2D eigenvalue weighted by Gasteiger charge is -2.06. The van der Waals surface area contributed by atoms with E-state index in [0.29, 0.717) is 11.1 Å². The number of methoxy groups -OCH3 is 1. The second-order valence-electron chi connectivity index (χ2n) is 2.72. The molecule has 0 fully saturated rings. The molecule has 78 valence electrons. The normalized spacial score (nSPS) is 9.40. The number of thioether (sulfide) groups is 1. The summed E-state index contributed by atoms with van der Waals surface area (Å²) in [5.41, 5.74) is 0.731. The van der Waals surface area contributed by atoms with Gasteiger partial charge in [-0.3, -0.25) is 0 Å². The van der Waals surface area contributed by atoms with Gasteiger partial charge in [-0.25, -0.2) is 4.79 Å². The van der Waals surface area contributed by atoms with E-state index in [1.165, 1.54) is 18.9 Å². The van der Waals surface area contributed by atoms with Crippen LogP contribution in [-0.2, 0) is 4.74 Å². The van der Waals surface area contributed by atoms with Crippen LogP contribution in [0.25, 0.3) is 0 Å². The van der Waals surface area contributed by atoms with Gasteiger partial charge in [0.1, 0.15) is 6.07 Å². The van der Waals surface area contributed by atoms with Crippen LogP contribution in [0, 0.1) is 11.3 Å². The van der Waals surface area contributed by atoms with Crippen LogP contribution in [0.1, 0.15) is 22.8 Å². The Bertz CT molecular complexity index is 410. The van der Waals surface area contributed by atoms with Crippen molar-refractivity contribution in [2.45, 2.75) is 11.8 Å². The molecule has 0 N–H and O–H groups in total. The molecule has 0 unspecified atom stereocenters. The van der Waals surface area contributed by atoms with Gasteiger partial charge in [0.2, 0.25) is 0 Å². The van der Waals surface area contributed by atoms with E-state index in [4.69, 9.17) is 5.26 Å². The third-order valence-electron chi connectivity index (χ3n) is 1.84. The highest BCUT2D eigenvalue weighted by molar-refractivity contribution is 7.99. The summed E-state index contributed by atoms with van der Waals surface area (Å²) >= 11 is 1.54. The Balaban J connectivity index is 3.23. The molecule has 4 heteroatoms. The molecule has 0 saturated heterocycles. The Morgan fingerprint density at radius 2 is 2.33 bits per heavy atom. The second kappa shape index (κ2) is 5.42. The summed E-state index contributed by atoms with van der Waals surface area (Å²) in [5, 5.41) is 9.00. The lowest BCUT2D eigenvalue weighted by molar-refractivity contribution is 0.0600. The summed E-state index contributed by atoms with van der Waals surface area (Å²) in [6.45, 7) is 2.00. The maximum atomic E-state index is 11.4. The summed E-state index contributed by atoms with van der Waals surface area (Å²) in [4.78, 5) is 12.2. The zero-order valence-corrected chi connectivity index (χ0v) is 9.43. The number of nitriles is 1. The van der Waals surface area contributed by atoms with Gasteiger partial charge in [0.15, 0.2) is 0 Å². The van der Waals surface area contributed by atoms with E-state index < -0.39 is 5.97 Å². The summed E-state index contributed by atoms with van der Waals surface area (Å²) < 4.78 is 4.61. The van der Waals surface area contributed by atoms with Crippen molar-refractivity contribution in [1.29, 1.82) is 5.26 Å². The molecule has 1 aromatic carbocycles. The zero-order valence-electron chi connectivity index (χ0n) is 8.61. The Labute approximate surface area is 93.0 Å². The third-order valence-corrected chi connectivity index (χ3v) is 2.78. The lowest BCUT2D eigenvalue weighted by Crippen LogP contribution is -2.04. The van der Waals surface area contributed by atoms with Crippen LogP contribution in [0.2, 0.25) is 0 Å². The number of carbonyl (C=O) groups excluding carboxylic acids is 1. The Hall–Kier alpha value is -1.47. The molecule has 0 aromatic heterocycles. The van der Waals surface area contributed by atoms with Gasteiger partial charge in [0.25, 0.3) is 0 Å². The number of esters is 1. The average Bonchev–Trinajstić information content (AvgIpc) is 2.28. The first-order chi connectivity index (χ1) is 7.24. The molecule has 0 bridgehead atoms. The van der Waals surface area contributed by atoms with Crippen molar-refractivity contribution in [3.05, 3.63) is 29.3 Å². The zero-order chi connectivity index (χ0) is 11.3. The van der Waals surface area contributed by atoms with Gasteiger partial charge in [-0.1, -0.05) is 13.0 Å². The van der Waals surface area contributed by atoms with Crippen molar-refractivity contribution in [1.82, 2.24) is 0 Å². The summed E-state index contributed by atoms with van der Waals surface area (Å²) in [6.07, 6.45) is 0. The fourth-order valence-electron chi connectivity index (χ4n) is 1.20. The fourth-order valence-corrected chi connectivity index (χ4v) is 1.99. The van der Waals surface area contributed by atoms with E-state index in [0.717, 1.165) is 10.6 Å². The minimum atomic E-state index is -0.467. The van der Waals surface area contributed by atoms with Gasteiger partial charge in [-0.05, 0) is 17.9 Å². The highest BCUT2D eigenvalue weighted by Gasteiger charge is 2.14. The summed E-state index contributed by atoms with van der Waals surface area (Å²) in [5.74, 6) is 0.393. The third kappa shape index (κ3) is 2.51. The molecule has 0 radical (unpaired) electrons. The predicted octanol–water partition coefficient (Wildman–Crippen LogP) is 2.46. The predicted molar refractivity (Wildman–Crippen MR) is 58.9 cm³/mol. The van der Waals surface area contributed by atoms with Gasteiger partial charge >= 0.3 is 5.97 Å². The number of ether oxygens (including phenoxy) is 1. The number of rotatable bonds is 3. The van der Waals surface area contributed by atoms with Crippen LogP contribution in [0.15, 0.2) is 23.1 Å². The molecular formula is C11H11NO2S. The molecule has 0 atom stereocenters. The molecule has 1 aromatic rings. The fraction of sp³-hybridized carbons (Fsp3) is 0.273. The Morgan fingerprint density at radius 3 is 2.87 bits per heavy atom. The number of benzene rings is 1. The van der Waals surface area contributed by atoms with E-state index >= 15 is 0 Å². The van der Waals surface area contributed by atoms with Gasteiger partial charge in [-0.15, -0.1) is 11.8 Å². The van der Waals surface area contributed by atoms with Crippen LogP contribution >= 0.6 is 11.8 Å². The first-order valence-corrected chi connectivity index (χ1v) is 5.47. The summed E-state index contributed by atoms with van der Waals surface area (Å²) in [6, 6.07) is 7.23. The highest BCUT2D eigenvalue weighted by atomic mass is 32.2. The first kappa shape index (κ1) is 11.6. The van der Waals surface area contributed by atoms with Gasteiger partial charge in [0, 0.05) is 4.90 Å². The second-order valence-corrected chi connectivity index (χ2v) is 4.02. The van der Waals surface area contributed by atoms with Crippen LogP contribution < -0.4 is 0 Å².